The molecule has 2 rings (SSSR count). The number of hydrogen-bond acceptors (Lipinski definition) is 1. The van der Waals surface area contributed by atoms with Crippen LogP contribution in [0.3, 0.4) is 0 Å². The smallest absolute Gasteiger partial charge is 0.310 e. The molecule has 2 nitrogen and oxygen atoms in total. The third-order valence-corrected chi connectivity index (χ3v) is 2.70. The minimum atomic E-state index is -0.741. The fourth-order valence-electron chi connectivity index (χ4n) is 1.84. The van der Waals surface area contributed by atoms with Gasteiger partial charge in [0, 0.05) is 0 Å². The normalized spacial score (nSPS) is 19.1. The van der Waals surface area contributed by atoms with Gasteiger partial charge in [-0.1, -0.05) is 30.4 Å². The molecule has 0 aliphatic heterocycles. The van der Waals surface area contributed by atoms with Gasteiger partial charge in [0.2, 0.25) is 0 Å². The van der Waals surface area contributed by atoms with Crippen LogP contribution < -0.4 is 0 Å². The van der Waals surface area contributed by atoms with Gasteiger partial charge >= 0.3 is 5.97 Å². The summed E-state index contributed by atoms with van der Waals surface area (Å²) in [6.45, 7) is 2.02. The maximum atomic E-state index is 10.8. The number of aliphatic carboxylic acids is 1. The summed E-state index contributed by atoms with van der Waals surface area (Å²) in [7, 11) is 0. The lowest BCUT2D eigenvalue weighted by molar-refractivity contribution is -0.140. The molecule has 0 saturated carbocycles. The fraction of sp³-hybridized carbons (Fsp3) is 0.250. The zero-order valence-electron chi connectivity index (χ0n) is 8.03. The third kappa shape index (κ3) is 1.43. The number of rotatable bonds is 1. The summed E-state index contributed by atoms with van der Waals surface area (Å²) >= 11 is 0. The van der Waals surface area contributed by atoms with Gasteiger partial charge in [0.1, 0.15) is 0 Å². The third-order valence-electron chi connectivity index (χ3n) is 2.70. The number of hydrogen-bond donors (Lipinski definition) is 1. The summed E-state index contributed by atoms with van der Waals surface area (Å²) in [4.78, 5) is 10.8. The highest BCUT2D eigenvalue weighted by Crippen LogP contribution is 2.25. The second kappa shape index (κ2) is 3.29. The second-order valence-corrected chi connectivity index (χ2v) is 3.65. The molecule has 1 N–H and O–H groups in total. The molecule has 0 amide bonds. The molecule has 1 aromatic rings. The topological polar surface area (TPSA) is 37.3 Å². The van der Waals surface area contributed by atoms with Crippen molar-refractivity contribution in [1.29, 1.82) is 0 Å². The van der Waals surface area contributed by atoms with Crippen LogP contribution in [0.1, 0.15) is 16.7 Å². The van der Waals surface area contributed by atoms with E-state index in [2.05, 4.69) is 0 Å². The quantitative estimate of drug-likeness (QED) is 0.734. The van der Waals surface area contributed by atoms with Crippen molar-refractivity contribution in [3.8, 4) is 0 Å². The van der Waals surface area contributed by atoms with Gasteiger partial charge in [-0.05, 0) is 30.0 Å². The molecular formula is C12H12O2. The summed E-state index contributed by atoms with van der Waals surface area (Å²) in [5, 5.41) is 8.90. The Morgan fingerprint density at radius 2 is 2.29 bits per heavy atom. The first-order valence-electron chi connectivity index (χ1n) is 4.68. The summed E-state index contributed by atoms with van der Waals surface area (Å²) in [5.41, 5.74) is 3.50. The number of carboxylic acids is 1. The Hall–Kier alpha value is -1.57. The summed E-state index contributed by atoms with van der Waals surface area (Å²) in [5.74, 6) is -1.10. The molecule has 1 aliphatic carbocycles. The predicted octanol–water partition coefficient (Wildman–Crippen LogP) is 2.27. The molecule has 14 heavy (non-hydrogen) atoms. The first-order chi connectivity index (χ1) is 6.68. The van der Waals surface area contributed by atoms with Crippen molar-refractivity contribution in [2.45, 2.75) is 13.3 Å². The molecule has 0 saturated heterocycles. The van der Waals surface area contributed by atoms with Gasteiger partial charge in [-0.2, -0.15) is 0 Å². The van der Waals surface area contributed by atoms with Crippen LogP contribution in [0.25, 0.3) is 6.08 Å². The summed E-state index contributed by atoms with van der Waals surface area (Å²) < 4.78 is 0. The molecule has 1 aliphatic rings. The zero-order valence-corrected chi connectivity index (χ0v) is 8.03. The Bertz CT molecular complexity index is 405. The van der Waals surface area contributed by atoms with Crippen LogP contribution in [0.15, 0.2) is 24.3 Å². The largest absolute Gasteiger partial charge is 0.481 e. The maximum Gasteiger partial charge on any atom is 0.310 e. The first kappa shape index (κ1) is 9.00. The lowest BCUT2D eigenvalue weighted by Crippen LogP contribution is -2.17. The number of carboxylic acid groups (broad SMARTS) is 1. The van der Waals surface area contributed by atoms with Crippen LogP contribution in [-0.4, -0.2) is 11.1 Å². The SMILES string of the molecule is Cc1cccc2c1CC(C(=O)O)C=C2. The molecule has 0 heterocycles. The maximum absolute atomic E-state index is 10.8. The van der Waals surface area contributed by atoms with E-state index in [-0.39, 0.29) is 5.92 Å². The monoisotopic (exact) mass is 188 g/mol. The van der Waals surface area contributed by atoms with Crippen molar-refractivity contribution in [2.75, 3.05) is 0 Å². The molecular weight excluding hydrogens is 176 g/mol. The van der Waals surface area contributed by atoms with E-state index < -0.39 is 5.97 Å². The van der Waals surface area contributed by atoms with E-state index in [1.54, 1.807) is 6.08 Å². The van der Waals surface area contributed by atoms with Crippen LogP contribution in [0.5, 0.6) is 0 Å². The van der Waals surface area contributed by atoms with Crippen molar-refractivity contribution in [1.82, 2.24) is 0 Å². The Balaban J connectivity index is 2.42. The van der Waals surface area contributed by atoms with Crippen LogP contribution >= 0.6 is 0 Å². The molecule has 1 atom stereocenters. The van der Waals surface area contributed by atoms with E-state index in [1.165, 1.54) is 11.1 Å². The number of aryl methyl sites for hydroxylation is 1. The number of benzene rings is 1. The molecule has 0 aromatic heterocycles. The van der Waals surface area contributed by atoms with E-state index in [4.69, 9.17) is 5.11 Å². The molecule has 2 heteroatoms. The number of carbonyl (C=O) groups is 1. The standard InChI is InChI=1S/C12H12O2/c1-8-3-2-4-9-5-6-10(12(13)14)7-11(8)9/h2-6,10H,7H2,1H3,(H,13,14). The lowest BCUT2D eigenvalue weighted by atomic mass is 9.87. The highest BCUT2D eigenvalue weighted by molar-refractivity contribution is 5.76. The van der Waals surface area contributed by atoms with Gasteiger partial charge in [-0.15, -0.1) is 0 Å². The zero-order chi connectivity index (χ0) is 10.1. The number of fused-ring (bicyclic) bond motifs is 1. The molecule has 1 aromatic carbocycles. The predicted molar refractivity (Wildman–Crippen MR) is 55.0 cm³/mol. The minimum absolute atomic E-state index is 0.358. The van der Waals surface area contributed by atoms with Gasteiger partial charge < -0.3 is 5.11 Å². The lowest BCUT2D eigenvalue weighted by Gasteiger charge is -2.17. The van der Waals surface area contributed by atoms with E-state index >= 15 is 0 Å². The Labute approximate surface area is 82.9 Å². The van der Waals surface area contributed by atoms with E-state index in [1.807, 2.05) is 31.2 Å². The summed E-state index contributed by atoms with van der Waals surface area (Å²) in [6.07, 6.45) is 4.29. The van der Waals surface area contributed by atoms with Crippen molar-refractivity contribution < 1.29 is 9.90 Å². The summed E-state index contributed by atoms with van der Waals surface area (Å²) in [6, 6.07) is 6.05. The van der Waals surface area contributed by atoms with Gasteiger partial charge in [-0.3, -0.25) is 4.79 Å². The van der Waals surface area contributed by atoms with Crippen LogP contribution in [-0.2, 0) is 11.2 Å². The molecule has 0 bridgehead atoms. The van der Waals surface area contributed by atoms with Crippen molar-refractivity contribution in [2.24, 2.45) is 5.92 Å². The second-order valence-electron chi connectivity index (χ2n) is 3.65. The van der Waals surface area contributed by atoms with Crippen molar-refractivity contribution in [3.63, 3.8) is 0 Å². The average molecular weight is 188 g/mol. The van der Waals surface area contributed by atoms with Gasteiger partial charge in [-0.25, -0.2) is 0 Å². The molecule has 0 fully saturated rings. The van der Waals surface area contributed by atoms with E-state index in [0.717, 1.165) is 5.56 Å². The van der Waals surface area contributed by atoms with E-state index in [9.17, 15) is 4.79 Å². The van der Waals surface area contributed by atoms with Gasteiger partial charge in [0.05, 0.1) is 5.92 Å². The van der Waals surface area contributed by atoms with Gasteiger partial charge in [0.25, 0.3) is 0 Å². The van der Waals surface area contributed by atoms with Crippen LogP contribution in [0, 0.1) is 12.8 Å². The van der Waals surface area contributed by atoms with Crippen LogP contribution in [0.2, 0.25) is 0 Å². The fourth-order valence-corrected chi connectivity index (χ4v) is 1.84. The Morgan fingerprint density at radius 3 is 3.00 bits per heavy atom. The molecule has 0 radical (unpaired) electrons. The van der Waals surface area contributed by atoms with Gasteiger partial charge in [0.15, 0.2) is 0 Å². The molecule has 72 valence electrons. The van der Waals surface area contributed by atoms with Crippen molar-refractivity contribution >= 4 is 12.0 Å². The van der Waals surface area contributed by atoms with Crippen LogP contribution in [0.4, 0.5) is 0 Å². The highest BCUT2D eigenvalue weighted by Gasteiger charge is 2.20. The Kier molecular flexibility index (Phi) is 2.12. The molecule has 0 spiro atoms. The van der Waals surface area contributed by atoms with E-state index in [0.29, 0.717) is 6.42 Å². The average Bonchev–Trinajstić information content (AvgIpc) is 2.18. The molecule has 1 unspecified atom stereocenters. The highest BCUT2D eigenvalue weighted by atomic mass is 16.4. The Morgan fingerprint density at radius 1 is 1.50 bits per heavy atom. The van der Waals surface area contributed by atoms with Crippen molar-refractivity contribution in [3.05, 3.63) is 41.0 Å². The minimum Gasteiger partial charge on any atom is -0.481 e. The first-order valence-corrected chi connectivity index (χ1v) is 4.68.